The van der Waals surface area contributed by atoms with E-state index in [0.29, 0.717) is 19.1 Å². The number of fused-ring (bicyclic) bond motifs is 1. The second kappa shape index (κ2) is 8.71. The highest BCUT2D eigenvalue weighted by atomic mass is 32.1. The molecule has 1 amide bonds. The Morgan fingerprint density at radius 2 is 2.07 bits per heavy atom. The van der Waals surface area contributed by atoms with Gasteiger partial charge in [-0.05, 0) is 44.0 Å². The molecular formula is C22H26N3O2S+. The van der Waals surface area contributed by atoms with Gasteiger partial charge >= 0.3 is 0 Å². The van der Waals surface area contributed by atoms with Crippen LogP contribution in [-0.2, 0) is 4.79 Å². The molecule has 2 heterocycles. The summed E-state index contributed by atoms with van der Waals surface area (Å²) in [6.07, 6.45) is 2.27. The summed E-state index contributed by atoms with van der Waals surface area (Å²) < 4.78 is 6.85. The van der Waals surface area contributed by atoms with Gasteiger partial charge in [-0.1, -0.05) is 24.3 Å². The Morgan fingerprint density at radius 3 is 2.93 bits per heavy atom. The number of hydrogen-bond acceptors (Lipinski definition) is 4. The number of rotatable bonds is 6. The summed E-state index contributed by atoms with van der Waals surface area (Å²) in [6.45, 7) is 4.98. The summed E-state index contributed by atoms with van der Waals surface area (Å²) in [6, 6.07) is 15.9. The van der Waals surface area contributed by atoms with Crippen LogP contribution in [0, 0.1) is 0 Å². The van der Waals surface area contributed by atoms with Crippen molar-refractivity contribution in [2.24, 2.45) is 0 Å². The van der Waals surface area contributed by atoms with Crippen LogP contribution in [0.4, 0.5) is 5.69 Å². The number of carbonyl (C=O) groups excluding carboxylic acids is 1. The average molecular weight is 397 g/mol. The van der Waals surface area contributed by atoms with Crippen molar-refractivity contribution in [1.29, 1.82) is 0 Å². The first kappa shape index (κ1) is 18.9. The van der Waals surface area contributed by atoms with Crippen molar-refractivity contribution in [3.8, 4) is 5.75 Å². The normalized spacial score (nSPS) is 19.5. The minimum Gasteiger partial charge on any atom is -0.492 e. The molecule has 6 heteroatoms. The number of benzene rings is 2. The molecule has 0 radical (unpaired) electrons. The summed E-state index contributed by atoms with van der Waals surface area (Å²) in [5.41, 5.74) is 1.83. The lowest BCUT2D eigenvalue weighted by Crippen LogP contribution is -3.14. The molecule has 0 aliphatic carbocycles. The van der Waals surface area contributed by atoms with Crippen LogP contribution in [0.5, 0.6) is 5.75 Å². The van der Waals surface area contributed by atoms with Gasteiger partial charge in [-0.3, -0.25) is 4.79 Å². The molecule has 146 valence electrons. The number of carbonyl (C=O) groups is 1. The number of hydrogen-bond donors (Lipinski definition) is 2. The number of amides is 1. The molecular weight excluding hydrogens is 370 g/mol. The Labute approximate surface area is 169 Å². The van der Waals surface area contributed by atoms with E-state index in [1.165, 1.54) is 14.6 Å². The maximum absolute atomic E-state index is 12.6. The molecule has 1 aliphatic heterocycles. The first-order chi connectivity index (χ1) is 13.7. The zero-order valence-corrected chi connectivity index (χ0v) is 16.9. The average Bonchev–Trinajstić information content (AvgIpc) is 3.14. The fraction of sp³-hybridized carbons (Fsp3) is 0.364. The molecule has 2 atom stereocenters. The summed E-state index contributed by atoms with van der Waals surface area (Å²) in [5.74, 6) is 1.19. The van der Waals surface area contributed by atoms with Gasteiger partial charge in [-0.25, -0.2) is 4.98 Å². The number of quaternary nitrogens is 1. The molecule has 0 saturated carbocycles. The monoisotopic (exact) mass is 396 g/mol. The van der Waals surface area contributed by atoms with Gasteiger partial charge in [0.05, 0.1) is 41.5 Å². The Morgan fingerprint density at radius 1 is 1.25 bits per heavy atom. The fourth-order valence-corrected chi connectivity index (χ4v) is 4.96. The van der Waals surface area contributed by atoms with E-state index < -0.39 is 0 Å². The Kier molecular flexibility index (Phi) is 5.88. The van der Waals surface area contributed by atoms with Crippen LogP contribution in [0.3, 0.4) is 0 Å². The van der Waals surface area contributed by atoms with E-state index in [1.54, 1.807) is 11.3 Å². The molecule has 5 nitrogen and oxygen atoms in total. The number of nitrogens with one attached hydrogen (secondary N) is 2. The number of nitrogens with zero attached hydrogens (tertiary/aromatic N) is 1. The van der Waals surface area contributed by atoms with Crippen LogP contribution < -0.4 is 15.0 Å². The standard InChI is InChI=1S/C22H25N3O2S/c1-2-27-19-11-5-3-9-17(19)23-21(26)15-25-13-7-8-16(14-25)22-24-18-10-4-6-12-20(18)28-22/h3-6,9-12,16H,2,7-8,13-15H2,1H3,(H,23,26)/p+1/t16-/m0/s1. The zero-order valence-electron chi connectivity index (χ0n) is 16.1. The molecule has 2 N–H and O–H groups in total. The number of piperidine rings is 1. The third-order valence-corrected chi connectivity index (χ3v) is 6.35. The van der Waals surface area contributed by atoms with E-state index in [0.717, 1.165) is 42.9 Å². The largest absolute Gasteiger partial charge is 0.492 e. The maximum atomic E-state index is 12.6. The van der Waals surface area contributed by atoms with Crippen molar-refractivity contribution in [2.45, 2.75) is 25.7 Å². The van der Waals surface area contributed by atoms with Gasteiger partial charge in [0.2, 0.25) is 0 Å². The zero-order chi connectivity index (χ0) is 19.3. The van der Waals surface area contributed by atoms with Crippen LogP contribution in [0.2, 0.25) is 0 Å². The number of anilines is 1. The van der Waals surface area contributed by atoms with Crippen molar-refractivity contribution in [2.75, 3.05) is 31.6 Å². The van der Waals surface area contributed by atoms with Crippen LogP contribution in [0.15, 0.2) is 48.5 Å². The lowest BCUT2D eigenvalue weighted by Gasteiger charge is -2.28. The molecule has 1 saturated heterocycles. The second-order valence-corrected chi connectivity index (χ2v) is 8.28. The predicted molar refractivity (Wildman–Crippen MR) is 113 cm³/mol. The van der Waals surface area contributed by atoms with Gasteiger partial charge in [0.25, 0.3) is 5.91 Å². The van der Waals surface area contributed by atoms with E-state index in [4.69, 9.17) is 9.72 Å². The second-order valence-electron chi connectivity index (χ2n) is 7.22. The molecule has 3 aromatic rings. The number of ether oxygens (including phenoxy) is 1. The maximum Gasteiger partial charge on any atom is 0.279 e. The molecule has 0 bridgehead atoms. The number of likely N-dealkylation sites (tertiary alicyclic amines) is 1. The molecule has 1 fully saturated rings. The van der Waals surface area contributed by atoms with Gasteiger partial charge in [0, 0.05) is 0 Å². The summed E-state index contributed by atoms with van der Waals surface area (Å²) in [5, 5.41) is 4.23. The van der Waals surface area contributed by atoms with Crippen LogP contribution in [0.1, 0.15) is 30.7 Å². The summed E-state index contributed by atoms with van der Waals surface area (Å²) in [4.78, 5) is 18.8. The first-order valence-corrected chi connectivity index (χ1v) is 10.8. The smallest absolute Gasteiger partial charge is 0.279 e. The molecule has 2 aromatic carbocycles. The van der Waals surface area contributed by atoms with E-state index in [9.17, 15) is 4.79 Å². The van der Waals surface area contributed by atoms with E-state index in [-0.39, 0.29) is 5.91 Å². The van der Waals surface area contributed by atoms with Gasteiger partial charge in [-0.2, -0.15) is 0 Å². The highest BCUT2D eigenvalue weighted by Crippen LogP contribution is 2.30. The SMILES string of the molecule is CCOc1ccccc1NC(=O)C[NH+]1CCC[C@H](c2nc3ccccc3s2)C1. The van der Waals surface area contributed by atoms with Crippen LogP contribution in [0.25, 0.3) is 10.2 Å². The molecule has 1 unspecified atom stereocenters. The summed E-state index contributed by atoms with van der Waals surface area (Å²) in [7, 11) is 0. The molecule has 1 aromatic heterocycles. The first-order valence-electron chi connectivity index (χ1n) is 9.93. The van der Waals surface area contributed by atoms with Crippen molar-refractivity contribution in [1.82, 2.24) is 4.98 Å². The quantitative estimate of drug-likeness (QED) is 0.673. The Hall–Kier alpha value is -2.44. The van der Waals surface area contributed by atoms with Crippen molar-refractivity contribution >= 4 is 33.1 Å². The number of thiazole rings is 1. The van der Waals surface area contributed by atoms with Crippen LogP contribution >= 0.6 is 11.3 Å². The number of para-hydroxylation sites is 3. The third-order valence-electron chi connectivity index (χ3n) is 5.15. The van der Waals surface area contributed by atoms with E-state index in [1.807, 2.05) is 37.3 Å². The molecule has 1 aliphatic rings. The van der Waals surface area contributed by atoms with Crippen molar-refractivity contribution in [3.63, 3.8) is 0 Å². The lowest BCUT2D eigenvalue weighted by atomic mass is 9.99. The van der Waals surface area contributed by atoms with Gasteiger partial charge in [0.15, 0.2) is 6.54 Å². The van der Waals surface area contributed by atoms with Crippen molar-refractivity contribution < 1.29 is 14.4 Å². The van der Waals surface area contributed by atoms with Crippen LogP contribution in [-0.4, -0.2) is 37.1 Å². The number of aromatic nitrogens is 1. The van der Waals surface area contributed by atoms with E-state index in [2.05, 4.69) is 23.5 Å². The van der Waals surface area contributed by atoms with Gasteiger partial charge in [0.1, 0.15) is 10.8 Å². The topological polar surface area (TPSA) is 55.7 Å². The van der Waals surface area contributed by atoms with Crippen molar-refractivity contribution in [3.05, 3.63) is 53.5 Å². The van der Waals surface area contributed by atoms with E-state index >= 15 is 0 Å². The minimum absolute atomic E-state index is 0.0344. The Balaban J connectivity index is 1.39. The Bertz CT molecular complexity index is 923. The molecule has 0 spiro atoms. The highest BCUT2D eigenvalue weighted by molar-refractivity contribution is 7.18. The highest BCUT2D eigenvalue weighted by Gasteiger charge is 2.28. The molecule has 28 heavy (non-hydrogen) atoms. The van der Waals surface area contributed by atoms with Gasteiger partial charge in [-0.15, -0.1) is 11.3 Å². The van der Waals surface area contributed by atoms with Gasteiger partial charge < -0.3 is 15.0 Å². The summed E-state index contributed by atoms with van der Waals surface area (Å²) >= 11 is 1.79. The third kappa shape index (κ3) is 4.34. The lowest BCUT2D eigenvalue weighted by molar-refractivity contribution is -0.898. The minimum atomic E-state index is 0.0344. The predicted octanol–water partition coefficient (Wildman–Crippen LogP) is 3.10. The molecule has 4 rings (SSSR count). The fourth-order valence-electron chi connectivity index (χ4n) is 3.86.